The van der Waals surface area contributed by atoms with E-state index in [0.29, 0.717) is 5.75 Å². The van der Waals surface area contributed by atoms with E-state index in [9.17, 15) is 23.3 Å². The molecule has 10 heteroatoms. The number of rotatable bonds is 8. The van der Waals surface area contributed by atoms with E-state index in [4.69, 9.17) is 4.74 Å². The van der Waals surface area contributed by atoms with Crippen molar-refractivity contribution in [2.75, 3.05) is 4.72 Å². The highest BCUT2D eigenvalue weighted by atomic mass is 32.2. The predicted molar refractivity (Wildman–Crippen MR) is 114 cm³/mol. The van der Waals surface area contributed by atoms with Crippen LogP contribution in [-0.2, 0) is 10.0 Å². The molecule has 0 aliphatic heterocycles. The minimum Gasteiger partial charge on any atom is -0.491 e. The van der Waals surface area contributed by atoms with Gasteiger partial charge < -0.3 is 4.74 Å². The van der Waals surface area contributed by atoms with Crippen LogP contribution < -0.4 is 9.46 Å². The number of carbonyl (C=O) groups is 1. The van der Waals surface area contributed by atoms with E-state index in [-0.39, 0.29) is 27.9 Å². The molecule has 0 bridgehead atoms. The number of carbonyl (C=O) groups excluding carboxylic acids is 1. The summed E-state index contributed by atoms with van der Waals surface area (Å²) in [7, 11) is -4.12. The van der Waals surface area contributed by atoms with Crippen molar-refractivity contribution in [1.29, 1.82) is 0 Å². The Morgan fingerprint density at radius 3 is 2.32 bits per heavy atom. The van der Waals surface area contributed by atoms with Crippen molar-refractivity contribution < 1.29 is 22.9 Å². The molecule has 1 N–H and O–H groups in total. The number of hydrogen-bond donors (Lipinski definition) is 1. The average Bonchev–Trinajstić information content (AvgIpc) is 2.73. The van der Waals surface area contributed by atoms with Crippen molar-refractivity contribution in [2.24, 2.45) is 0 Å². The molecular formula is C21H19N3O6S. The molecule has 0 unspecified atom stereocenters. The lowest BCUT2D eigenvalue weighted by Crippen LogP contribution is -2.17. The molecule has 2 aromatic carbocycles. The van der Waals surface area contributed by atoms with Crippen molar-refractivity contribution >= 4 is 27.3 Å². The Balaban J connectivity index is 1.98. The van der Waals surface area contributed by atoms with Gasteiger partial charge in [0.2, 0.25) is 0 Å². The Morgan fingerprint density at radius 2 is 1.74 bits per heavy atom. The molecule has 9 nitrogen and oxygen atoms in total. The molecule has 1 aromatic heterocycles. The van der Waals surface area contributed by atoms with Crippen LogP contribution in [0.2, 0.25) is 0 Å². The van der Waals surface area contributed by atoms with Crippen molar-refractivity contribution in [2.45, 2.75) is 24.8 Å². The molecule has 0 radical (unpaired) electrons. The number of benzene rings is 2. The highest BCUT2D eigenvalue weighted by Gasteiger charge is 2.23. The summed E-state index contributed by atoms with van der Waals surface area (Å²) in [4.78, 5) is 27.1. The van der Waals surface area contributed by atoms with E-state index in [0.717, 1.165) is 12.3 Å². The number of sulfonamides is 1. The Labute approximate surface area is 178 Å². The van der Waals surface area contributed by atoms with E-state index >= 15 is 0 Å². The fraction of sp³-hybridized carbons (Fsp3) is 0.143. The van der Waals surface area contributed by atoms with Crippen LogP contribution in [0, 0.1) is 10.1 Å². The van der Waals surface area contributed by atoms with Gasteiger partial charge in [-0.2, -0.15) is 0 Å². The summed E-state index contributed by atoms with van der Waals surface area (Å²) in [6.45, 7) is 3.69. The van der Waals surface area contributed by atoms with Crippen LogP contribution in [0.1, 0.15) is 29.8 Å². The number of hydrogen-bond acceptors (Lipinski definition) is 7. The van der Waals surface area contributed by atoms with E-state index in [1.165, 1.54) is 36.4 Å². The van der Waals surface area contributed by atoms with Gasteiger partial charge in [0, 0.05) is 11.6 Å². The molecule has 0 amide bonds. The molecule has 3 rings (SSSR count). The molecule has 31 heavy (non-hydrogen) atoms. The van der Waals surface area contributed by atoms with Crippen LogP contribution in [0.25, 0.3) is 0 Å². The average molecular weight is 441 g/mol. The first-order valence-electron chi connectivity index (χ1n) is 9.21. The van der Waals surface area contributed by atoms with Crippen molar-refractivity contribution in [1.82, 2.24) is 4.98 Å². The zero-order valence-electron chi connectivity index (χ0n) is 16.7. The third kappa shape index (κ3) is 5.23. The number of nitro groups is 1. The lowest BCUT2D eigenvalue weighted by atomic mass is 10.0. The first-order valence-corrected chi connectivity index (χ1v) is 10.7. The number of anilines is 1. The molecule has 0 aliphatic carbocycles. The van der Waals surface area contributed by atoms with Gasteiger partial charge in [0.15, 0.2) is 11.6 Å². The molecule has 0 saturated carbocycles. The Hall–Kier alpha value is -3.79. The monoisotopic (exact) mass is 441 g/mol. The molecular weight excluding hydrogens is 422 g/mol. The van der Waals surface area contributed by atoms with Gasteiger partial charge in [-0.25, -0.2) is 13.4 Å². The number of nitrogens with zero attached hydrogens (tertiary/aromatic N) is 2. The standard InChI is InChI=1S/C21H19N3O6S/c1-14(2)30-17-8-10-18(11-9-17)31(28,29)23-21-19(12-16(13-22-21)24(26)27)20(25)15-6-4-3-5-7-15/h3-14H,1-2H3,(H,22,23). The van der Waals surface area contributed by atoms with Gasteiger partial charge in [-0.15, -0.1) is 0 Å². The van der Waals surface area contributed by atoms with Crippen molar-refractivity contribution in [3.05, 3.63) is 88.1 Å². The summed E-state index contributed by atoms with van der Waals surface area (Å²) in [5.41, 5.74) is -0.429. The van der Waals surface area contributed by atoms with Gasteiger partial charge in [-0.1, -0.05) is 30.3 Å². The predicted octanol–water partition coefficient (Wildman–Crippen LogP) is 3.81. The number of nitrogens with one attached hydrogen (secondary N) is 1. The molecule has 0 saturated heterocycles. The normalized spacial score (nSPS) is 11.2. The van der Waals surface area contributed by atoms with E-state index in [2.05, 4.69) is 9.71 Å². The summed E-state index contributed by atoms with van der Waals surface area (Å²) in [5, 5.41) is 11.1. The van der Waals surface area contributed by atoms with Crippen LogP contribution >= 0.6 is 0 Å². The maximum atomic E-state index is 12.9. The second-order valence-corrected chi connectivity index (χ2v) is 8.47. The minimum atomic E-state index is -4.12. The second kappa shape index (κ2) is 8.92. The third-order valence-corrected chi connectivity index (χ3v) is 5.46. The SMILES string of the molecule is CC(C)Oc1ccc(S(=O)(=O)Nc2ncc([N+](=O)[O-])cc2C(=O)c2ccccc2)cc1. The van der Waals surface area contributed by atoms with Gasteiger partial charge in [0.05, 0.1) is 21.5 Å². The maximum absolute atomic E-state index is 12.9. The molecule has 0 aliphatic rings. The maximum Gasteiger partial charge on any atom is 0.288 e. The minimum absolute atomic E-state index is 0.0727. The Bertz CT molecular complexity index is 1210. The van der Waals surface area contributed by atoms with E-state index in [1.54, 1.807) is 18.2 Å². The van der Waals surface area contributed by atoms with E-state index in [1.807, 2.05) is 13.8 Å². The molecule has 0 atom stereocenters. The van der Waals surface area contributed by atoms with Crippen LogP contribution in [0.15, 0.2) is 71.8 Å². The number of pyridine rings is 1. The highest BCUT2D eigenvalue weighted by Crippen LogP contribution is 2.25. The first-order chi connectivity index (χ1) is 14.7. The summed E-state index contributed by atoms with van der Waals surface area (Å²) in [6.07, 6.45) is 0.815. The number of ketones is 1. The lowest BCUT2D eigenvalue weighted by Gasteiger charge is -2.13. The quantitative estimate of drug-likeness (QED) is 0.320. The van der Waals surface area contributed by atoms with Crippen LogP contribution in [0.4, 0.5) is 11.5 Å². The van der Waals surface area contributed by atoms with Gasteiger partial charge >= 0.3 is 0 Å². The summed E-state index contributed by atoms with van der Waals surface area (Å²) in [6, 6.07) is 14.7. The smallest absolute Gasteiger partial charge is 0.288 e. The summed E-state index contributed by atoms with van der Waals surface area (Å²) in [5.74, 6) is -0.403. The molecule has 3 aromatic rings. The zero-order valence-corrected chi connectivity index (χ0v) is 17.5. The van der Waals surface area contributed by atoms with Gasteiger partial charge in [0.1, 0.15) is 11.9 Å². The lowest BCUT2D eigenvalue weighted by molar-refractivity contribution is -0.385. The van der Waals surface area contributed by atoms with Crippen LogP contribution in [0.5, 0.6) is 5.75 Å². The topological polar surface area (TPSA) is 128 Å². The first kappa shape index (κ1) is 21.9. The van der Waals surface area contributed by atoms with Crippen LogP contribution in [-0.4, -0.2) is 30.2 Å². The summed E-state index contributed by atoms with van der Waals surface area (Å²) >= 11 is 0. The second-order valence-electron chi connectivity index (χ2n) is 6.79. The molecule has 0 spiro atoms. The fourth-order valence-electron chi connectivity index (χ4n) is 2.71. The van der Waals surface area contributed by atoms with Crippen molar-refractivity contribution in [3.63, 3.8) is 0 Å². The number of aromatic nitrogens is 1. The highest BCUT2D eigenvalue weighted by molar-refractivity contribution is 7.92. The van der Waals surface area contributed by atoms with Gasteiger partial charge in [-0.3, -0.25) is 19.6 Å². The Morgan fingerprint density at radius 1 is 1.10 bits per heavy atom. The molecule has 0 fully saturated rings. The number of ether oxygens (including phenoxy) is 1. The van der Waals surface area contributed by atoms with Crippen molar-refractivity contribution in [3.8, 4) is 5.75 Å². The summed E-state index contributed by atoms with van der Waals surface area (Å²) < 4.78 is 33.4. The zero-order chi connectivity index (χ0) is 22.6. The molecule has 1 heterocycles. The largest absolute Gasteiger partial charge is 0.491 e. The Kier molecular flexibility index (Phi) is 6.30. The van der Waals surface area contributed by atoms with E-state index < -0.39 is 26.4 Å². The van der Waals surface area contributed by atoms with Crippen LogP contribution in [0.3, 0.4) is 0 Å². The third-order valence-electron chi connectivity index (χ3n) is 4.10. The van der Waals surface area contributed by atoms with Gasteiger partial charge in [0.25, 0.3) is 15.7 Å². The van der Waals surface area contributed by atoms with Gasteiger partial charge in [-0.05, 0) is 38.1 Å². The fourth-order valence-corrected chi connectivity index (χ4v) is 3.74. The molecule has 160 valence electrons.